The van der Waals surface area contributed by atoms with E-state index in [-0.39, 0.29) is 24.3 Å². The third-order valence-corrected chi connectivity index (χ3v) is 7.21. The van der Waals surface area contributed by atoms with E-state index >= 15 is 0 Å². The number of para-hydroxylation sites is 1. The first-order valence-corrected chi connectivity index (χ1v) is 13.8. The van der Waals surface area contributed by atoms with Crippen molar-refractivity contribution >= 4 is 17.8 Å². The highest BCUT2D eigenvalue weighted by Crippen LogP contribution is 2.33. The van der Waals surface area contributed by atoms with Gasteiger partial charge in [0.05, 0.1) is 6.04 Å². The van der Waals surface area contributed by atoms with Crippen molar-refractivity contribution in [3.05, 3.63) is 65.5 Å². The van der Waals surface area contributed by atoms with E-state index < -0.39 is 35.8 Å². The highest BCUT2D eigenvalue weighted by atomic mass is 19.1. The lowest BCUT2D eigenvalue weighted by atomic mass is 10.1. The lowest BCUT2D eigenvalue weighted by molar-refractivity contribution is -0.144. The molecule has 1 saturated carbocycles. The number of carboxylic acids is 1. The van der Waals surface area contributed by atoms with Crippen LogP contribution in [-0.4, -0.2) is 72.2 Å². The zero-order valence-corrected chi connectivity index (χ0v) is 23.4. The smallest absolute Gasteiger partial charge is 0.326 e. The summed E-state index contributed by atoms with van der Waals surface area (Å²) in [5, 5.41) is 15.5. The number of halogens is 1. The summed E-state index contributed by atoms with van der Waals surface area (Å²) < 4.78 is 19.4. The van der Waals surface area contributed by atoms with Gasteiger partial charge < -0.3 is 31.1 Å². The minimum atomic E-state index is -1.22. The molecule has 2 amide bonds. The summed E-state index contributed by atoms with van der Waals surface area (Å²) >= 11 is 0. The Bertz CT molecular complexity index is 1140. The minimum Gasteiger partial charge on any atom is -0.489 e. The van der Waals surface area contributed by atoms with Gasteiger partial charge in [-0.3, -0.25) is 9.59 Å². The first-order chi connectivity index (χ1) is 19.1. The lowest BCUT2D eigenvalue weighted by Crippen LogP contribution is -2.56. The van der Waals surface area contributed by atoms with Crippen LogP contribution in [0.15, 0.2) is 48.5 Å². The van der Waals surface area contributed by atoms with Gasteiger partial charge in [-0.2, -0.15) is 0 Å². The van der Waals surface area contributed by atoms with E-state index in [9.17, 15) is 23.9 Å². The van der Waals surface area contributed by atoms with Crippen LogP contribution in [0.4, 0.5) is 4.39 Å². The molecule has 0 saturated heterocycles. The van der Waals surface area contributed by atoms with Crippen LogP contribution in [0.1, 0.15) is 44.2 Å². The fraction of sp³-hybridized carbons (Fsp3) is 0.500. The van der Waals surface area contributed by atoms with E-state index in [1.54, 1.807) is 14.0 Å². The zero-order valence-electron chi connectivity index (χ0n) is 23.4. The molecule has 0 bridgehead atoms. The predicted octanol–water partition coefficient (Wildman–Crippen LogP) is 2.51. The number of aryl methyl sites for hydroxylation is 1. The van der Waals surface area contributed by atoms with Crippen LogP contribution in [0.2, 0.25) is 0 Å². The number of carboxylic acid groups (broad SMARTS) is 1. The van der Waals surface area contributed by atoms with Crippen molar-refractivity contribution in [3.63, 3.8) is 0 Å². The molecule has 1 aliphatic rings. The summed E-state index contributed by atoms with van der Waals surface area (Å²) in [5.41, 5.74) is 7.32. The molecule has 2 aromatic rings. The van der Waals surface area contributed by atoms with Crippen LogP contribution in [0.25, 0.3) is 0 Å². The highest BCUT2D eigenvalue weighted by molar-refractivity contribution is 5.91. The summed E-state index contributed by atoms with van der Waals surface area (Å²) in [4.78, 5) is 39.5. The maximum Gasteiger partial charge on any atom is 0.326 e. The number of likely N-dealkylation sites (N-methyl/N-ethyl adjacent to an activating group) is 1. The Morgan fingerprint density at radius 1 is 1.12 bits per heavy atom. The molecule has 10 heteroatoms. The molecule has 0 heterocycles. The number of nitrogens with one attached hydrogen (secondary N) is 2. The van der Waals surface area contributed by atoms with Crippen LogP contribution in [-0.2, 0) is 27.2 Å². The van der Waals surface area contributed by atoms with Crippen LogP contribution < -0.4 is 21.1 Å². The van der Waals surface area contributed by atoms with Crippen LogP contribution in [0.5, 0.6) is 5.75 Å². The third-order valence-electron chi connectivity index (χ3n) is 7.21. The molecular formula is C30H41FN4O5. The molecule has 4 atom stereocenters. The number of hydrogen-bond donors (Lipinski definition) is 4. The monoisotopic (exact) mass is 556 g/mol. The molecule has 3 rings (SSSR count). The first-order valence-electron chi connectivity index (χ1n) is 13.8. The van der Waals surface area contributed by atoms with Crippen molar-refractivity contribution in [3.8, 4) is 5.75 Å². The van der Waals surface area contributed by atoms with Crippen molar-refractivity contribution in [2.24, 2.45) is 11.7 Å². The van der Waals surface area contributed by atoms with Crippen molar-refractivity contribution in [2.45, 2.75) is 70.2 Å². The van der Waals surface area contributed by atoms with E-state index in [1.807, 2.05) is 31.2 Å². The summed E-state index contributed by atoms with van der Waals surface area (Å²) in [6, 6.07) is 10.7. The molecule has 0 aromatic heterocycles. The number of hydrogen-bond acceptors (Lipinski definition) is 6. The molecule has 0 spiro atoms. The van der Waals surface area contributed by atoms with Gasteiger partial charge in [-0.05, 0) is 81.3 Å². The minimum absolute atomic E-state index is 0.00870. The fourth-order valence-electron chi connectivity index (χ4n) is 4.49. The second-order valence-electron chi connectivity index (χ2n) is 10.5. The number of ether oxygens (including phenoxy) is 1. The van der Waals surface area contributed by atoms with E-state index in [0.29, 0.717) is 18.7 Å². The quantitative estimate of drug-likeness (QED) is 0.250. The Labute approximate surface area is 235 Å². The van der Waals surface area contributed by atoms with Crippen LogP contribution >= 0.6 is 0 Å². The van der Waals surface area contributed by atoms with Crippen molar-refractivity contribution in [2.75, 3.05) is 20.1 Å². The Balaban J connectivity index is 1.57. The van der Waals surface area contributed by atoms with Gasteiger partial charge >= 0.3 is 5.97 Å². The molecule has 2 aromatic carbocycles. The molecular weight excluding hydrogens is 515 g/mol. The largest absolute Gasteiger partial charge is 0.489 e. The topological polar surface area (TPSA) is 134 Å². The average Bonchev–Trinajstić information content (AvgIpc) is 3.77. The average molecular weight is 557 g/mol. The molecule has 5 N–H and O–H groups in total. The van der Waals surface area contributed by atoms with E-state index in [0.717, 1.165) is 37.0 Å². The van der Waals surface area contributed by atoms with Gasteiger partial charge in [0.25, 0.3) is 0 Å². The molecule has 1 aliphatic carbocycles. The highest BCUT2D eigenvalue weighted by Gasteiger charge is 2.39. The van der Waals surface area contributed by atoms with Gasteiger partial charge in [-0.15, -0.1) is 0 Å². The lowest BCUT2D eigenvalue weighted by Gasteiger charge is -2.30. The molecule has 0 unspecified atom stereocenters. The Morgan fingerprint density at radius 3 is 2.42 bits per heavy atom. The number of aliphatic carboxylic acids is 1. The number of carbonyl (C=O) groups excluding carboxylic acids is 2. The molecule has 218 valence electrons. The maximum atomic E-state index is 13.4. The van der Waals surface area contributed by atoms with Gasteiger partial charge in [0, 0.05) is 20.0 Å². The first kappa shape index (κ1) is 31.0. The number of benzene rings is 2. The predicted molar refractivity (Wildman–Crippen MR) is 150 cm³/mol. The number of nitrogens with two attached hydrogens (primary N) is 1. The number of carbonyl (C=O) groups is 3. The van der Waals surface area contributed by atoms with Crippen molar-refractivity contribution < 1.29 is 28.6 Å². The molecule has 40 heavy (non-hydrogen) atoms. The zero-order chi connectivity index (χ0) is 29.2. The number of rotatable bonds is 16. The van der Waals surface area contributed by atoms with E-state index in [1.165, 1.54) is 29.2 Å². The summed E-state index contributed by atoms with van der Waals surface area (Å²) in [7, 11) is 1.55. The van der Waals surface area contributed by atoms with E-state index in [4.69, 9.17) is 10.5 Å². The Kier molecular flexibility index (Phi) is 11.5. The maximum absolute atomic E-state index is 13.4. The summed E-state index contributed by atoms with van der Waals surface area (Å²) in [5.74, 6) is -1.48. The molecule has 9 nitrogen and oxygen atoms in total. The molecule has 1 fully saturated rings. The van der Waals surface area contributed by atoms with Gasteiger partial charge in [0.15, 0.2) is 0 Å². The number of nitrogens with zero attached hydrogens (tertiary/aromatic N) is 1. The Hall–Kier alpha value is -3.50. The van der Waals surface area contributed by atoms with Gasteiger partial charge in [0.2, 0.25) is 11.8 Å². The normalized spacial score (nSPS) is 15.9. The van der Waals surface area contributed by atoms with Gasteiger partial charge in [-0.1, -0.05) is 30.3 Å². The SMILES string of the molecule is C[C@H](CN[C@H](C(=O)N(C)[C@H](C)C(=O)N[C@H](Cc1ccc(F)cc1)C(=O)O)C1CC1)Oc1ccccc1CCCN. The van der Waals surface area contributed by atoms with E-state index in [2.05, 4.69) is 10.6 Å². The van der Waals surface area contributed by atoms with Gasteiger partial charge in [-0.25, -0.2) is 9.18 Å². The van der Waals surface area contributed by atoms with Gasteiger partial charge in [0.1, 0.15) is 29.8 Å². The fourth-order valence-corrected chi connectivity index (χ4v) is 4.49. The molecule has 0 radical (unpaired) electrons. The van der Waals surface area contributed by atoms with Crippen molar-refractivity contribution in [1.82, 2.24) is 15.5 Å². The standard InChI is InChI=1S/C30H41FN4O5/c1-19(40-26-9-5-4-7-22(26)8-6-16-32)18-33-27(23-12-13-23)29(37)35(3)20(2)28(36)34-25(30(38)39)17-21-10-14-24(31)15-11-21/h4-5,7,9-11,14-15,19-20,23,25,27,33H,6,8,12-13,16-18,32H2,1-3H3,(H,34,36)(H,38,39)/t19-,20-,25-,27+/m1/s1. The molecule has 0 aliphatic heterocycles. The number of amides is 2. The Morgan fingerprint density at radius 2 is 1.80 bits per heavy atom. The third kappa shape index (κ3) is 9.02. The summed E-state index contributed by atoms with van der Waals surface area (Å²) in [6.07, 6.45) is 3.30. The van der Waals surface area contributed by atoms with Crippen LogP contribution in [0.3, 0.4) is 0 Å². The second kappa shape index (κ2) is 14.8. The van der Waals surface area contributed by atoms with Crippen molar-refractivity contribution in [1.29, 1.82) is 0 Å². The van der Waals surface area contributed by atoms with Crippen LogP contribution in [0, 0.1) is 11.7 Å². The summed E-state index contributed by atoms with van der Waals surface area (Å²) in [6.45, 7) is 4.54. The second-order valence-corrected chi connectivity index (χ2v) is 10.5.